The van der Waals surface area contributed by atoms with E-state index < -0.39 is 0 Å². The number of nitrogens with zero attached hydrogens (tertiary/aromatic N) is 1. The smallest absolute Gasteiger partial charge is 0.256 e. The average molecular weight is 576 g/mol. The first-order valence-electron chi connectivity index (χ1n) is 15.7. The van der Waals surface area contributed by atoms with Crippen LogP contribution in [0.2, 0.25) is 0 Å². The van der Waals surface area contributed by atoms with Gasteiger partial charge in [-0.1, -0.05) is 55.0 Å². The van der Waals surface area contributed by atoms with Crippen LogP contribution in [0.25, 0.3) is 33.9 Å². The number of ether oxygens (including phenoxy) is 1. The number of carbonyl (C=O) groups is 1. The van der Waals surface area contributed by atoms with Gasteiger partial charge in [0.15, 0.2) is 0 Å². The van der Waals surface area contributed by atoms with Gasteiger partial charge in [0.25, 0.3) is 5.91 Å². The fraction of sp³-hybridized carbons (Fsp3) is 0.324. The highest BCUT2D eigenvalue weighted by molar-refractivity contribution is 6.35. The molecule has 5 nitrogen and oxygen atoms in total. The molecule has 7 rings (SSSR count). The van der Waals surface area contributed by atoms with E-state index in [9.17, 15) is 9.18 Å². The van der Waals surface area contributed by atoms with Gasteiger partial charge in [0.2, 0.25) is 0 Å². The standard InChI is InChI=1S/C37H38FN3O2/c38-27-9-6-8-25(22-27)28-10-4-5-11-29(28)26-15-16-32-33(37(42)40-35(32)23-26)24-36-31(13-7-17-41-18-20-43-21-19-41)30-12-2-1-3-14-34(30)39-36/h4-6,8-11,15-16,22-24,39H,1-3,7,12-14,17-21H2,(H,40,42). The van der Waals surface area contributed by atoms with Gasteiger partial charge in [0.1, 0.15) is 5.82 Å². The van der Waals surface area contributed by atoms with E-state index in [0.29, 0.717) is 5.57 Å². The number of benzene rings is 3. The van der Waals surface area contributed by atoms with Crippen LogP contribution in [0.3, 0.4) is 0 Å². The van der Waals surface area contributed by atoms with Gasteiger partial charge < -0.3 is 15.0 Å². The highest BCUT2D eigenvalue weighted by Gasteiger charge is 2.27. The molecule has 1 fully saturated rings. The van der Waals surface area contributed by atoms with Crippen LogP contribution in [-0.4, -0.2) is 48.6 Å². The van der Waals surface area contributed by atoms with Crippen LogP contribution in [0.4, 0.5) is 10.1 Å². The Morgan fingerprint density at radius 1 is 0.860 bits per heavy atom. The summed E-state index contributed by atoms with van der Waals surface area (Å²) in [5, 5.41) is 3.12. The zero-order valence-corrected chi connectivity index (χ0v) is 24.6. The second kappa shape index (κ2) is 12.3. The molecule has 3 heterocycles. The SMILES string of the molecule is O=C1Nc2cc(-c3ccccc3-c3cccc(F)c3)ccc2C1=Cc1[nH]c2c(c1CCCN1CCOCC1)CCCCC2. The molecule has 0 bridgehead atoms. The zero-order valence-electron chi connectivity index (χ0n) is 24.6. The van der Waals surface area contributed by atoms with Gasteiger partial charge in [-0.25, -0.2) is 4.39 Å². The van der Waals surface area contributed by atoms with Crippen molar-refractivity contribution in [3.05, 3.63) is 101 Å². The molecule has 4 aromatic rings. The van der Waals surface area contributed by atoms with Gasteiger partial charge in [0, 0.05) is 35.7 Å². The average Bonchev–Trinajstić information content (AvgIpc) is 3.41. The second-order valence-electron chi connectivity index (χ2n) is 11.9. The number of amides is 1. The molecule has 1 aromatic heterocycles. The molecular weight excluding hydrogens is 537 g/mol. The first-order valence-corrected chi connectivity index (χ1v) is 15.7. The van der Waals surface area contributed by atoms with Crippen LogP contribution in [0.15, 0.2) is 66.7 Å². The number of fused-ring (bicyclic) bond motifs is 2. The molecule has 1 amide bonds. The number of H-pyrrole nitrogens is 1. The van der Waals surface area contributed by atoms with Gasteiger partial charge in [-0.05, 0) is 103 Å². The first kappa shape index (κ1) is 27.8. The predicted octanol–water partition coefficient (Wildman–Crippen LogP) is 7.51. The van der Waals surface area contributed by atoms with E-state index in [4.69, 9.17) is 4.74 Å². The van der Waals surface area contributed by atoms with E-state index in [1.165, 1.54) is 42.1 Å². The largest absolute Gasteiger partial charge is 0.379 e. The number of carbonyl (C=O) groups excluding carboxylic acids is 1. The second-order valence-corrected chi connectivity index (χ2v) is 11.9. The summed E-state index contributed by atoms with van der Waals surface area (Å²) < 4.78 is 19.6. The maximum absolute atomic E-state index is 14.0. The maximum Gasteiger partial charge on any atom is 0.256 e. The summed E-state index contributed by atoms with van der Waals surface area (Å²) in [4.78, 5) is 19.6. The quantitative estimate of drug-likeness (QED) is 0.177. The Morgan fingerprint density at radius 3 is 2.47 bits per heavy atom. The monoisotopic (exact) mass is 575 g/mol. The molecule has 6 heteroatoms. The highest BCUT2D eigenvalue weighted by atomic mass is 19.1. The number of morpholine rings is 1. The van der Waals surface area contributed by atoms with Gasteiger partial charge in [-0.2, -0.15) is 0 Å². The Balaban J connectivity index is 1.20. The Morgan fingerprint density at radius 2 is 1.65 bits per heavy atom. The summed E-state index contributed by atoms with van der Waals surface area (Å²) in [6, 6.07) is 20.9. The molecule has 1 aliphatic carbocycles. The van der Waals surface area contributed by atoms with Crippen LogP contribution < -0.4 is 5.32 Å². The molecule has 43 heavy (non-hydrogen) atoms. The van der Waals surface area contributed by atoms with Crippen molar-refractivity contribution in [2.24, 2.45) is 0 Å². The Labute approximate surface area is 252 Å². The summed E-state index contributed by atoms with van der Waals surface area (Å²) >= 11 is 0. The summed E-state index contributed by atoms with van der Waals surface area (Å²) in [6.07, 6.45) is 10.1. The number of halogens is 1. The van der Waals surface area contributed by atoms with Crippen LogP contribution in [-0.2, 0) is 28.8 Å². The number of rotatable bonds is 7. The molecule has 0 atom stereocenters. The Hall–Kier alpha value is -4.00. The van der Waals surface area contributed by atoms with Crippen molar-refractivity contribution < 1.29 is 13.9 Å². The molecule has 3 aliphatic rings. The predicted molar refractivity (Wildman–Crippen MR) is 171 cm³/mol. The van der Waals surface area contributed by atoms with Crippen molar-refractivity contribution in [3.63, 3.8) is 0 Å². The molecule has 0 unspecified atom stereocenters. The topological polar surface area (TPSA) is 57.4 Å². The van der Waals surface area contributed by atoms with Crippen molar-refractivity contribution in [3.8, 4) is 22.3 Å². The van der Waals surface area contributed by atoms with Crippen LogP contribution >= 0.6 is 0 Å². The van der Waals surface area contributed by atoms with Gasteiger partial charge in [-0.3, -0.25) is 9.69 Å². The highest BCUT2D eigenvalue weighted by Crippen LogP contribution is 2.40. The molecule has 0 spiro atoms. The summed E-state index contributed by atoms with van der Waals surface area (Å²) in [6.45, 7) is 4.73. The van der Waals surface area contributed by atoms with E-state index in [1.54, 1.807) is 12.1 Å². The Kier molecular flexibility index (Phi) is 7.96. The van der Waals surface area contributed by atoms with E-state index in [2.05, 4.69) is 27.3 Å². The third-order valence-electron chi connectivity index (χ3n) is 9.16. The van der Waals surface area contributed by atoms with E-state index in [-0.39, 0.29) is 11.7 Å². The lowest BCUT2D eigenvalue weighted by molar-refractivity contribution is -0.110. The normalized spacial score (nSPS) is 17.9. The molecule has 3 aromatic carbocycles. The summed E-state index contributed by atoms with van der Waals surface area (Å²) in [5.41, 5.74) is 11.5. The number of anilines is 1. The molecule has 1 saturated heterocycles. The molecule has 2 aliphatic heterocycles. The number of hydrogen-bond donors (Lipinski definition) is 2. The third kappa shape index (κ3) is 5.82. The lowest BCUT2D eigenvalue weighted by atomic mass is 9.93. The number of aromatic nitrogens is 1. The van der Waals surface area contributed by atoms with Crippen molar-refractivity contribution >= 4 is 23.2 Å². The van der Waals surface area contributed by atoms with Gasteiger partial charge in [-0.15, -0.1) is 0 Å². The summed E-state index contributed by atoms with van der Waals surface area (Å²) in [7, 11) is 0. The number of nitrogens with one attached hydrogen (secondary N) is 2. The van der Waals surface area contributed by atoms with Crippen LogP contribution in [0, 0.1) is 5.82 Å². The van der Waals surface area contributed by atoms with Crippen molar-refractivity contribution in [1.29, 1.82) is 0 Å². The number of aromatic amines is 1. The van der Waals surface area contributed by atoms with Crippen molar-refractivity contribution in [2.75, 3.05) is 38.2 Å². The lowest BCUT2D eigenvalue weighted by Crippen LogP contribution is -2.37. The van der Waals surface area contributed by atoms with E-state index in [1.807, 2.05) is 42.5 Å². The van der Waals surface area contributed by atoms with Crippen molar-refractivity contribution in [1.82, 2.24) is 9.88 Å². The van der Waals surface area contributed by atoms with Crippen LogP contribution in [0.1, 0.15) is 53.8 Å². The fourth-order valence-electron chi connectivity index (χ4n) is 6.96. The molecule has 0 radical (unpaired) electrons. The third-order valence-corrected chi connectivity index (χ3v) is 9.16. The van der Waals surface area contributed by atoms with Crippen LogP contribution in [0.5, 0.6) is 0 Å². The molecular formula is C37H38FN3O2. The molecule has 2 N–H and O–H groups in total. The minimum absolute atomic E-state index is 0.0744. The summed E-state index contributed by atoms with van der Waals surface area (Å²) in [5.74, 6) is -0.333. The van der Waals surface area contributed by atoms with Gasteiger partial charge >= 0.3 is 0 Å². The number of aryl methyl sites for hydroxylation is 1. The minimum Gasteiger partial charge on any atom is -0.379 e. The molecule has 0 saturated carbocycles. The molecule has 220 valence electrons. The Bertz CT molecular complexity index is 1680. The first-order chi connectivity index (χ1) is 21.1. The van der Waals surface area contributed by atoms with Crippen molar-refractivity contribution in [2.45, 2.75) is 44.9 Å². The minimum atomic E-state index is -0.259. The van der Waals surface area contributed by atoms with Gasteiger partial charge in [0.05, 0.1) is 18.8 Å². The zero-order chi connectivity index (χ0) is 29.2. The fourth-order valence-corrected chi connectivity index (χ4v) is 6.96. The maximum atomic E-state index is 14.0. The van der Waals surface area contributed by atoms with E-state index in [0.717, 1.165) is 97.7 Å². The lowest BCUT2D eigenvalue weighted by Gasteiger charge is -2.26. The van der Waals surface area contributed by atoms with E-state index >= 15 is 0 Å². The number of hydrogen-bond acceptors (Lipinski definition) is 3.